The molecule has 5 heteroatoms. The Bertz CT molecular complexity index is 677. The monoisotopic (exact) mass is 256 g/mol. The molecule has 18 heavy (non-hydrogen) atoms. The van der Waals surface area contributed by atoms with Crippen molar-refractivity contribution < 1.29 is 0 Å². The lowest BCUT2D eigenvalue weighted by atomic mass is 10.3. The highest BCUT2D eigenvalue weighted by Gasteiger charge is 2.04. The average Bonchev–Trinajstić information content (AvgIpc) is 2.85. The number of thiophene rings is 1. The molecule has 0 fully saturated rings. The predicted molar refractivity (Wildman–Crippen MR) is 73.7 cm³/mol. The van der Waals surface area contributed by atoms with Crippen LogP contribution in [0.5, 0.6) is 0 Å². The molecule has 0 saturated heterocycles. The minimum atomic E-state index is 0.670. The highest BCUT2D eigenvalue weighted by molar-refractivity contribution is 7.16. The molecule has 0 aliphatic heterocycles. The average molecular weight is 256 g/mol. The van der Waals surface area contributed by atoms with Crippen molar-refractivity contribution in [3.63, 3.8) is 0 Å². The van der Waals surface area contributed by atoms with E-state index in [2.05, 4.69) is 20.3 Å². The number of nitrogens with one attached hydrogen (secondary N) is 1. The van der Waals surface area contributed by atoms with Crippen LogP contribution in [0.15, 0.2) is 36.0 Å². The van der Waals surface area contributed by atoms with Gasteiger partial charge in [-0.15, -0.1) is 11.3 Å². The van der Waals surface area contributed by atoms with Gasteiger partial charge in [0.2, 0.25) is 0 Å². The number of pyridine rings is 1. The first-order valence-electron chi connectivity index (χ1n) is 5.67. The van der Waals surface area contributed by atoms with E-state index in [0.717, 1.165) is 27.4 Å². The molecule has 0 saturated carbocycles. The summed E-state index contributed by atoms with van der Waals surface area (Å²) >= 11 is 1.62. The van der Waals surface area contributed by atoms with Crippen molar-refractivity contribution in [1.29, 1.82) is 0 Å². The zero-order valence-corrected chi connectivity index (χ0v) is 10.7. The van der Waals surface area contributed by atoms with Crippen molar-refractivity contribution in [2.45, 2.75) is 13.5 Å². The van der Waals surface area contributed by atoms with E-state index in [9.17, 15) is 0 Å². The molecule has 0 radical (unpaired) electrons. The number of aryl methyl sites for hydroxylation is 1. The van der Waals surface area contributed by atoms with Gasteiger partial charge < -0.3 is 5.32 Å². The maximum atomic E-state index is 4.45. The molecule has 0 aliphatic rings. The number of hydrogen-bond acceptors (Lipinski definition) is 5. The third kappa shape index (κ3) is 2.17. The molecule has 3 aromatic heterocycles. The smallest absolute Gasteiger partial charge is 0.138 e. The van der Waals surface area contributed by atoms with Crippen LogP contribution in [0, 0.1) is 6.92 Å². The van der Waals surface area contributed by atoms with Crippen LogP contribution in [0.1, 0.15) is 11.4 Å². The summed E-state index contributed by atoms with van der Waals surface area (Å²) in [7, 11) is 0. The molecule has 3 heterocycles. The van der Waals surface area contributed by atoms with Crippen LogP contribution in [0.2, 0.25) is 0 Å². The van der Waals surface area contributed by atoms with Crippen molar-refractivity contribution in [2.24, 2.45) is 0 Å². The van der Waals surface area contributed by atoms with Crippen LogP contribution in [0.4, 0.5) is 5.82 Å². The summed E-state index contributed by atoms with van der Waals surface area (Å²) in [6.07, 6.45) is 1.59. The van der Waals surface area contributed by atoms with Gasteiger partial charge in [-0.2, -0.15) is 0 Å². The van der Waals surface area contributed by atoms with Crippen LogP contribution in [0.3, 0.4) is 0 Å². The zero-order valence-electron chi connectivity index (χ0n) is 9.92. The summed E-state index contributed by atoms with van der Waals surface area (Å²) in [4.78, 5) is 14.0. The van der Waals surface area contributed by atoms with Crippen molar-refractivity contribution in [3.8, 4) is 0 Å². The summed E-state index contributed by atoms with van der Waals surface area (Å²) in [6, 6.07) is 8.04. The van der Waals surface area contributed by atoms with Crippen LogP contribution in [0.25, 0.3) is 10.2 Å². The quantitative estimate of drug-likeness (QED) is 0.782. The second kappa shape index (κ2) is 4.70. The molecule has 0 bridgehead atoms. The van der Waals surface area contributed by atoms with Gasteiger partial charge in [0, 0.05) is 5.69 Å². The second-order valence-electron chi connectivity index (χ2n) is 3.99. The molecule has 1 N–H and O–H groups in total. The molecule has 0 amide bonds. The van der Waals surface area contributed by atoms with Crippen molar-refractivity contribution in [1.82, 2.24) is 15.0 Å². The van der Waals surface area contributed by atoms with Gasteiger partial charge in [0.15, 0.2) is 0 Å². The molecule has 0 aliphatic carbocycles. The third-order valence-corrected chi connectivity index (χ3v) is 3.47. The zero-order chi connectivity index (χ0) is 12.4. The molecule has 0 atom stereocenters. The summed E-state index contributed by atoms with van der Waals surface area (Å²) in [6.45, 7) is 2.66. The Balaban J connectivity index is 1.83. The van der Waals surface area contributed by atoms with E-state index in [4.69, 9.17) is 0 Å². The predicted octanol–water partition coefficient (Wildman–Crippen LogP) is 3.01. The number of fused-ring (bicyclic) bond motifs is 1. The molecule has 3 aromatic rings. The maximum Gasteiger partial charge on any atom is 0.138 e. The van der Waals surface area contributed by atoms with Gasteiger partial charge in [0.1, 0.15) is 17.0 Å². The van der Waals surface area contributed by atoms with Gasteiger partial charge >= 0.3 is 0 Å². The van der Waals surface area contributed by atoms with Crippen molar-refractivity contribution >= 4 is 27.4 Å². The first kappa shape index (κ1) is 11.1. The molecule has 0 unspecified atom stereocenters. The fourth-order valence-corrected chi connectivity index (χ4v) is 2.54. The van der Waals surface area contributed by atoms with Gasteiger partial charge in [-0.1, -0.05) is 6.07 Å². The Labute approximate surface area is 109 Å². The minimum absolute atomic E-state index is 0.670. The molecule has 0 aromatic carbocycles. The Morgan fingerprint density at radius 1 is 1.22 bits per heavy atom. The summed E-state index contributed by atoms with van der Waals surface area (Å²) in [5.74, 6) is 0.865. The lowest BCUT2D eigenvalue weighted by molar-refractivity contribution is 1.00. The van der Waals surface area contributed by atoms with Crippen LogP contribution >= 0.6 is 11.3 Å². The third-order valence-electron chi connectivity index (χ3n) is 2.64. The topological polar surface area (TPSA) is 50.7 Å². The van der Waals surface area contributed by atoms with E-state index in [1.807, 2.05) is 36.6 Å². The van der Waals surface area contributed by atoms with Crippen LogP contribution in [-0.4, -0.2) is 15.0 Å². The molecular weight excluding hydrogens is 244 g/mol. The first-order valence-corrected chi connectivity index (χ1v) is 6.55. The van der Waals surface area contributed by atoms with Crippen molar-refractivity contribution in [2.75, 3.05) is 5.32 Å². The molecular formula is C13H12N4S. The van der Waals surface area contributed by atoms with Gasteiger partial charge in [0.25, 0.3) is 0 Å². The Hall–Kier alpha value is -2.01. The van der Waals surface area contributed by atoms with Gasteiger partial charge in [-0.3, -0.25) is 4.98 Å². The highest BCUT2D eigenvalue weighted by Crippen LogP contribution is 2.23. The van der Waals surface area contributed by atoms with E-state index < -0.39 is 0 Å². The largest absolute Gasteiger partial charge is 0.364 e. The normalized spacial score (nSPS) is 10.7. The van der Waals surface area contributed by atoms with E-state index in [1.165, 1.54) is 0 Å². The number of rotatable bonds is 3. The summed E-state index contributed by atoms with van der Waals surface area (Å²) < 4.78 is 0. The van der Waals surface area contributed by atoms with Crippen molar-refractivity contribution in [3.05, 3.63) is 47.4 Å². The Morgan fingerprint density at radius 2 is 2.17 bits per heavy atom. The second-order valence-corrected chi connectivity index (χ2v) is 4.88. The minimum Gasteiger partial charge on any atom is -0.364 e. The van der Waals surface area contributed by atoms with Gasteiger partial charge in [-0.05, 0) is 30.5 Å². The fraction of sp³-hybridized carbons (Fsp3) is 0.154. The van der Waals surface area contributed by atoms with E-state index >= 15 is 0 Å². The molecule has 4 nitrogen and oxygen atoms in total. The summed E-state index contributed by atoms with van der Waals surface area (Å²) in [5.41, 5.74) is 2.04. The number of nitrogens with zero attached hydrogens (tertiary/aromatic N) is 3. The SMILES string of the molecule is Cc1cccc(CNc2ncnc3sccc23)n1. The maximum absolute atomic E-state index is 4.45. The standard InChI is InChI=1S/C13H12N4S/c1-9-3-2-4-10(17-9)7-14-12-11-5-6-18-13(11)16-8-15-12/h2-6,8H,7H2,1H3,(H,14,15,16). The van der Waals surface area contributed by atoms with E-state index in [0.29, 0.717) is 6.54 Å². The van der Waals surface area contributed by atoms with Gasteiger partial charge in [-0.25, -0.2) is 9.97 Å². The Morgan fingerprint density at radius 3 is 3.06 bits per heavy atom. The molecule has 3 rings (SSSR count). The first-order chi connectivity index (χ1) is 8.83. The lowest BCUT2D eigenvalue weighted by Crippen LogP contribution is -2.04. The van der Waals surface area contributed by atoms with Crippen LogP contribution in [-0.2, 0) is 6.54 Å². The van der Waals surface area contributed by atoms with Gasteiger partial charge in [0.05, 0.1) is 17.6 Å². The number of hydrogen-bond donors (Lipinski definition) is 1. The Kier molecular flexibility index (Phi) is 2.90. The van der Waals surface area contributed by atoms with Crippen LogP contribution < -0.4 is 5.32 Å². The molecule has 0 spiro atoms. The van der Waals surface area contributed by atoms with E-state index in [1.54, 1.807) is 17.7 Å². The lowest BCUT2D eigenvalue weighted by Gasteiger charge is -2.06. The van der Waals surface area contributed by atoms with E-state index in [-0.39, 0.29) is 0 Å². The number of anilines is 1. The summed E-state index contributed by atoms with van der Waals surface area (Å²) in [5, 5.41) is 6.40. The molecule has 90 valence electrons. The fourth-order valence-electron chi connectivity index (χ4n) is 1.80. The number of aromatic nitrogens is 3. The highest BCUT2D eigenvalue weighted by atomic mass is 32.1.